The summed E-state index contributed by atoms with van der Waals surface area (Å²) in [5.41, 5.74) is 4.40. The Morgan fingerprint density at radius 2 is 1.53 bits per heavy atom. The molecule has 0 radical (unpaired) electrons. The molecule has 0 unspecified atom stereocenters. The second kappa shape index (κ2) is 10.2. The van der Waals surface area contributed by atoms with E-state index in [1.165, 1.54) is 24.3 Å². The minimum atomic E-state index is -0.886. The monoisotopic (exact) mass is 476 g/mol. The predicted molar refractivity (Wildman–Crippen MR) is 129 cm³/mol. The molecule has 34 heavy (non-hydrogen) atoms. The topological polar surface area (TPSA) is 123 Å². The molecule has 172 valence electrons. The highest BCUT2D eigenvalue weighted by molar-refractivity contribution is 6.30. The summed E-state index contributed by atoms with van der Waals surface area (Å²) in [6, 6.07) is 19.2. The number of rotatable bonds is 7. The SMILES string of the molecule is O=C(NO)c1ccc(NC(=O)[C@H](Cc2c[nH]c3ccccc23)NC(=O)c2ccc(Cl)cc2)cc1. The van der Waals surface area contributed by atoms with Crippen LogP contribution in [0.15, 0.2) is 79.0 Å². The Morgan fingerprint density at radius 3 is 2.24 bits per heavy atom. The van der Waals surface area contributed by atoms with Crippen LogP contribution in [-0.2, 0) is 11.2 Å². The van der Waals surface area contributed by atoms with E-state index in [-0.39, 0.29) is 12.0 Å². The Hall–Kier alpha value is -4.14. The molecule has 0 saturated heterocycles. The van der Waals surface area contributed by atoms with Crippen LogP contribution in [0.2, 0.25) is 5.02 Å². The molecule has 0 aliphatic rings. The summed E-state index contributed by atoms with van der Waals surface area (Å²) in [5, 5.41) is 15.8. The molecule has 0 aliphatic carbocycles. The molecule has 1 atom stereocenters. The lowest BCUT2D eigenvalue weighted by atomic mass is 10.0. The molecule has 3 amide bonds. The van der Waals surface area contributed by atoms with Crippen LogP contribution in [0.5, 0.6) is 0 Å². The van der Waals surface area contributed by atoms with Crippen molar-refractivity contribution in [2.24, 2.45) is 0 Å². The number of hydrogen-bond acceptors (Lipinski definition) is 4. The van der Waals surface area contributed by atoms with Crippen LogP contribution < -0.4 is 16.1 Å². The summed E-state index contributed by atoms with van der Waals surface area (Å²) < 4.78 is 0. The minimum Gasteiger partial charge on any atom is -0.361 e. The van der Waals surface area contributed by atoms with Gasteiger partial charge in [-0.1, -0.05) is 29.8 Å². The van der Waals surface area contributed by atoms with Gasteiger partial charge in [-0.05, 0) is 60.2 Å². The van der Waals surface area contributed by atoms with Crippen LogP contribution in [0.25, 0.3) is 10.9 Å². The van der Waals surface area contributed by atoms with Crippen molar-refractivity contribution in [1.29, 1.82) is 0 Å². The number of carbonyl (C=O) groups excluding carboxylic acids is 3. The maximum atomic E-state index is 13.2. The summed E-state index contributed by atoms with van der Waals surface area (Å²) in [5.74, 6) is -1.50. The smallest absolute Gasteiger partial charge is 0.274 e. The third-order valence-electron chi connectivity index (χ3n) is 5.34. The maximum absolute atomic E-state index is 13.2. The largest absolute Gasteiger partial charge is 0.361 e. The van der Waals surface area contributed by atoms with Crippen molar-refractivity contribution >= 4 is 45.9 Å². The number of fused-ring (bicyclic) bond motifs is 1. The Morgan fingerprint density at radius 1 is 0.882 bits per heavy atom. The van der Waals surface area contributed by atoms with E-state index in [1.807, 2.05) is 30.5 Å². The number of para-hydroxylation sites is 1. The molecular weight excluding hydrogens is 456 g/mol. The molecule has 4 rings (SSSR count). The molecular formula is C25H21ClN4O4. The maximum Gasteiger partial charge on any atom is 0.274 e. The number of benzene rings is 3. The fourth-order valence-electron chi connectivity index (χ4n) is 3.57. The van der Waals surface area contributed by atoms with Gasteiger partial charge < -0.3 is 15.6 Å². The van der Waals surface area contributed by atoms with Crippen LogP contribution in [0.1, 0.15) is 26.3 Å². The molecule has 8 nitrogen and oxygen atoms in total. The lowest BCUT2D eigenvalue weighted by molar-refractivity contribution is -0.118. The first kappa shape index (κ1) is 23.0. The van der Waals surface area contributed by atoms with Crippen molar-refractivity contribution in [2.45, 2.75) is 12.5 Å². The zero-order valence-corrected chi connectivity index (χ0v) is 18.6. The quantitative estimate of drug-likeness (QED) is 0.205. The molecule has 0 spiro atoms. The molecule has 1 aromatic heterocycles. The second-order valence-electron chi connectivity index (χ2n) is 7.60. The number of amides is 3. The Labute approximate surface area is 199 Å². The van der Waals surface area contributed by atoms with Crippen LogP contribution >= 0.6 is 11.6 Å². The van der Waals surface area contributed by atoms with Gasteiger partial charge in [0.2, 0.25) is 5.91 Å². The van der Waals surface area contributed by atoms with E-state index in [2.05, 4.69) is 15.6 Å². The van der Waals surface area contributed by atoms with Gasteiger partial charge in [0.15, 0.2) is 0 Å². The molecule has 9 heteroatoms. The van der Waals surface area contributed by atoms with Crippen molar-refractivity contribution in [3.63, 3.8) is 0 Å². The zero-order valence-electron chi connectivity index (χ0n) is 17.8. The van der Waals surface area contributed by atoms with Crippen molar-refractivity contribution < 1.29 is 19.6 Å². The molecule has 5 N–H and O–H groups in total. The van der Waals surface area contributed by atoms with Gasteiger partial charge in [-0.2, -0.15) is 0 Å². The van der Waals surface area contributed by atoms with Crippen molar-refractivity contribution in [3.8, 4) is 0 Å². The fourth-order valence-corrected chi connectivity index (χ4v) is 3.70. The third kappa shape index (κ3) is 5.25. The summed E-state index contributed by atoms with van der Waals surface area (Å²) in [6.45, 7) is 0. The van der Waals surface area contributed by atoms with Gasteiger partial charge in [0.05, 0.1) is 0 Å². The van der Waals surface area contributed by atoms with E-state index < -0.39 is 23.8 Å². The van der Waals surface area contributed by atoms with Gasteiger partial charge in [0.1, 0.15) is 6.04 Å². The number of carbonyl (C=O) groups is 3. The van der Waals surface area contributed by atoms with Gasteiger partial charge >= 0.3 is 0 Å². The highest BCUT2D eigenvalue weighted by Crippen LogP contribution is 2.20. The standard InChI is InChI=1S/C25H21ClN4O4/c26-18-9-5-15(6-10-18)23(31)29-22(13-17-14-27-21-4-2-1-3-20(17)21)25(33)28-19-11-7-16(8-12-19)24(32)30-34/h1-12,14,22,27,34H,13H2,(H,28,33)(H,29,31)(H,30,32)/t22-/m0/s1. The number of aromatic nitrogens is 1. The number of nitrogens with one attached hydrogen (secondary N) is 4. The summed E-state index contributed by atoms with van der Waals surface area (Å²) in [4.78, 5) is 40.7. The van der Waals surface area contributed by atoms with Gasteiger partial charge in [0, 0.05) is 45.4 Å². The predicted octanol–water partition coefficient (Wildman–Crippen LogP) is 3.92. The second-order valence-corrected chi connectivity index (χ2v) is 8.04. The normalized spacial score (nSPS) is 11.6. The average molecular weight is 477 g/mol. The van der Waals surface area contributed by atoms with Crippen molar-refractivity contribution in [3.05, 3.63) is 101 Å². The van der Waals surface area contributed by atoms with E-state index in [0.29, 0.717) is 16.3 Å². The third-order valence-corrected chi connectivity index (χ3v) is 5.60. The van der Waals surface area contributed by atoms with Gasteiger partial charge in [-0.3, -0.25) is 19.6 Å². The lowest BCUT2D eigenvalue weighted by Gasteiger charge is -2.19. The lowest BCUT2D eigenvalue weighted by Crippen LogP contribution is -2.45. The fraction of sp³-hybridized carbons (Fsp3) is 0.0800. The first-order valence-corrected chi connectivity index (χ1v) is 10.8. The minimum absolute atomic E-state index is 0.229. The Balaban J connectivity index is 1.56. The highest BCUT2D eigenvalue weighted by atomic mass is 35.5. The summed E-state index contributed by atoms with van der Waals surface area (Å²) in [6.07, 6.45) is 2.07. The molecule has 0 aliphatic heterocycles. The number of hydrogen-bond donors (Lipinski definition) is 5. The van der Waals surface area contributed by atoms with Crippen LogP contribution in [0.3, 0.4) is 0 Å². The van der Waals surface area contributed by atoms with Crippen LogP contribution in [-0.4, -0.2) is 34.0 Å². The van der Waals surface area contributed by atoms with Gasteiger partial charge in [-0.15, -0.1) is 0 Å². The zero-order chi connectivity index (χ0) is 24.1. The van der Waals surface area contributed by atoms with Crippen molar-refractivity contribution in [1.82, 2.24) is 15.8 Å². The van der Waals surface area contributed by atoms with Gasteiger partial charge in [0.25, 0.3) is 11.8 Å². The number of halogens is 1. The Kier molecular flexibility index (Phi) is 6.91. The average Bonchev–Trinajstić information content (AvgIpc) is 3.26. The van der Waals surface area contributed by atoms with E-state index in [4.69, 9.17) is 16.8 Å². The van der Waals surface area contributed by atoms with Crippen LogP contribution in [0.4, 0.5) is 5.69 Å². The number of H-pyrrole nitrogens is 1. The Bertz CT molecular complexity index is 1330. The van der Waals surface area contributed by atoms with Crippen LogP contribution in [0, 0.1) is 0 Å². The molecule has 0 fully saturated rings. The van der Waals surface area contributed by atoms with E-state index in [1.54, 1.807) is 29.7 Å². The molecule has 3 aromatic carbocycles. The first-order chi connectivity index (χ1) is 16.4. The number of aromatic amines is 1. The first-order valence-electron chi connectivity index (χ1n) is 10.4. The molecule has 0 bridgehead atoms. The molecule has 0 saturated carbocycles. The summed E-state index contributed by atoms with van der Waals surface area (Å²) >= 11 is 5.91. The van der Waals surface area contributed by atoms with E-state index >= 15 is 0 Å². The molecule has 4 aromatic rings. The number of hydroxylamine groups is 1. The van der Waals surface area contributed by atoms with Crippen molar-refractivity contribution in [2.75, 3.05) is 5.32 Å². The van der Waals surface area contributed by atoms with E-state index in [0.717, 1.165) is 16.5 Å². The summed E-state index contributed by atoms with van der Waals surface area (Å²) in [7, 11) is 0. The van der Waals surface area contributed by atoms with E-state index in [9.17, 15) is 14.4 Å². The highest BCUT2D eigenvalue weighted by Gasteiger charge is 2.23. The number of anilines is 1. The van der Waals surface area contributed by atoms with Gasteiger partial charge in [-0.25, -0.2) is 5.48 Å². The molecule has 1 heterocycles.